The minimum atomic E-state index is -0.773. The van der Waals surface area contributed by atoms with E-state index in [1.165, 1.54) is 10.5 Å². The number of hydrogen-bond acceptors (Lipinski definition) is 5. The van der Waals surface area contributed by atoms with E-state index in [9.17, 15) is 14.4 Å². The maximum absolute atomic E-state index is 13.3. The lowest BCUT2D eigenvalue weighted by Crippen LogP contribution is -2.16. The smallest absolute Gasteiger partial charge is 0.341 e. The Labute approximate surface area is 166 Å². The highest BCUT2D eigenvalue weighted by atomic mass is 35.5. The van der Waals surface area contributed by atoms with Crippen LogP contribution in [0.25, 0.3) is 5.52 Å². The highest BCUT2D eigenvalue weighted by molar-refractivity contribution is 6.31. The topological polar surface area (TPSA) is 74.1 Å². The standard InChI is InChI=1S/C21H18ClNO5/c1-3-27-20(25)16-15-12-14(22)10-11-23(15)18(17(16)21(26)28-4-2)19(24)13-8-6-5-7-9-13/h5-12H,3-4H2,1-2H3. The van der Waals surface area contributed by atoms with Gasteiger partial charge in [-0.05, 0) is 26.0 Å². The number of ether oxygens (including phenoxy) is 2. The molecule has 0 aliphatic heterocycles. The van der Waals surface area contributed by atoms with Crippen molar-refractivity contribution < 1.29 is 23.9 Å². The van der Waals surface area contributed by atoms with Crippen molar-refractivity contribution in [3.63, 3.8) is 0 Å². The van der Waals surface area contributed by atoms with Crippen LogP contribution >= 0.6 is 11.6 Å². The van der Waals surface area contributed by atoms with Crippen LogP contribution in [0.2, 0.25) is 5.02 Å². The Bertz CT molecular complexity index is 1060. The third-order valence-corrected chi connectivity index (χ3v) is 4.35. The molecule has 0 atom stereocenters. The van der Waals surface area contributed by atoms with Crippen molar-refractivity contribution in [1.29, 1.82) is 0 Å². The largest absolute Gasteiger partial charge is 0.462 e. The lowest BCUT2D eigenvalue weighted by molar-refractivity contribution is 0.0480. The van der Waals surface area contributed by atoms with Crippen LogP contribution in [0.1, 0.15) is 50.6 Å². The monoisotopic (exact) mass is 399 g/mol. The minimum absolute atomic E-state index is 0.0272. The molecule has 0 N–H and O–H groups in total. The summed E-state index contributed by atoms with van der Waals surface area (Å²) in [6, 6.07) is 11.6. The average molecular weight is 400 g/mol. The maximum atomic E-state index is 13.3. The molecule has 2 aromatic heterocycles. The molecule has 0 radical (unpaired) electrons. The number of halogens is 1. The summed E-state index contributed by atoms with van der Waals surface area (Å²) in [6.45, 7) is 3.50. The molecule has 2 heterocycles. The summed E-state index contributed by atoms with van der Waals surface area (Å²) >= 11 is 6.10. The zero-order valence-electron chi connectivity index (χ0n) is 15.4. The minimum Gasteiger partial charge on any atom is -0.462 e. The zero-order chi connectivity index (χ0) is 20.3. The van der Waals surface area contributed by atoms with Crippen molar-refractivity contribution in [1.82, 2.24) is 4.40 Å². The number of pyridine rings is 1. The van der Waals surface area contributed by atoms with Gasteiger partial charge in [0, 0.05) is 16.8 Å². The normalized spacial score (nSPS) is 10.7. The molecule has 0 aliphatic rings. The second-order valence-corrected chi connectivity index (χ2v) is 6.27. The predicted molar refractivity (Wildman–Crippen MR) is 104 cm³/mol. The van der Waals surface area contributed by atoms with Crippen LogP contribution in [0.5, 0.6) is 0 Å². The molecule has 3 rings (SSSR count). The maximum Gasteiger partial charge on any atom is 0.341 e. The molecule has 0 spiro atoms. The van der Waals surface area contributed by atoms with Crippen LogP contribution in [0.15, 0.2) is 48.7 Å². The first-order valence-electron chi connectivity index (χ1n) is 8.77. The van der Waals surface area contributed by atoms with Gasteiger partial charge in [0.25, 0.3) is 0 Å². The number of esters is 2. The molecule has 0 fully saturated rings. The molecule has 0 unspecified atom stereocenters. The first-order valence-corrected chi connectivity index (χ1v) is 9.14. The van der Waals surface area contributed by atoms with E-state index in [4.69, 9.17) is 21.1 Å². The van der Waals surface area contributed by atoms with Crippen molar-refractivity contribution in [3.8, 4) is 0 Å². The Balaban J connectivity index is 2.38. The molecule has 0 bridgehead atoms. The van der Waals surface area contributed by atoms with Crippen molar-refractivity contribution in [2.75, 3.05) is 13.2 Å². The van der Waals surface area contributed by atoms with Gasteiger partial charge >= 0.3 is 11.9 Å². The van der Waals surface area contributed by atoms with E-state index in [1.807, 2.05) is 0 Å². The van der Waals surface area contributed by atoms with E-state index in [0.29, 0.717) is 16.1 Å². The Morgan fingerprint density at radius 2 is 1.54 bits per heavy atom. The van der Waals surface area contributed by atoms with Crippen LogP contribution in [0.3, 0.4) is 0 Å². The fourth-order valence-corrected chi connectivity index (χ4v) is 3.15. The third-order valence-electron chi connectivity index (χ3n) is 4.11. The zero-order valence-corrected chi connectivity index (χ0v) is 16.2. The molecule has 7 heteroatoms. The van der Waals surface area contributed by atoms with Crippen molar-refractivity contribution in [2.45, 2.75) is 13.8 Å². The van der Waals surface area contributed by atoms with Gasteiger partial charge < -0.3 is 13.9 Å². The van der Waals surface area contributed by atoms with E-state index in [1.54, 1.807) is 56.4 Å². The number of nitrogens with zero attached hydrogens (tertiary/aromatic N) is 1. The van der Waals surface area contributed by atoms with Crippen molar-refractivity contribution >= 4 is 34.8 Å². The van der Waals surface area contributed by atoms with Gasteiger partial charge in [-0.3, -0.25) is 4.79 Å². The number of aromatic nitrogens is 1. The summed E-state index contributed by atoms with van der Waals surface area (Å²) in [5.41, 5.74) is 0.531. The number of benzene rings is 1. The Morgan fingerprint density at radius 3 is 2.14 bits per heavy atom. The van der Waals surface area contributed by atoms with Gasteiger partial charge in [0.2, 0.25) is 5.78 Å². The number of ketones is 1. The van der Waals surface area contributed by atoms with E-state index in [0.717, 1.165) is 0 Å². The van der Waals surface area contributed by atoms with E-state index in [-0.39, 0.29) is 30.0 Å². The molecule has 6 nitrogen and oxygen atoms in total. The SMILES string of the molecule is CCOC(=O)c1c(C(=O)OCC)c2cc(Cl)ccn2c1C(=O)c1ccccc1. The van der Waals surface area contributed by atoms with E-state index in [2.05, 4.69) is 0 Å². The summed E-state index contributed by atoms with van der Waals surface area (Å²) in [6.07, 6.45) is 1.54. The molecule has 0 aliphatic carbocycles. The summed E-state index contributed by atoms with van der Waals surface area (Å²) in [5, 5.41) is 0.352. The molecular weight excluding hydrogens is 382 g/mol. The molecule has 28 heavy (non-hydrogen) atoms. The molecule has 144 valence electrons. The Kier molecular flexibility index (Phi) is 5.80. The molecular formula is C21H18ClNO5. The van der Waals surface area contributed by atoms with Crippen LogP contribution in [-0.4, -0.2) is 35.3 Å². The fourth-order valence-electron chi connectivity index (χ4n) is 2.99. The van der Waals surface area contributed by atoms with E-state index < -0.39 is 17.7 Å². The van der Waals surface area contributed by atoms with Gasteiger partial charge in [-0.1, -0.05) is 41.9 Å². The first-order chi connectivity index (χ1) is 13.5. The van der Waals surface area contributed by atoms with E-state index >= 15 is 0 Å². The Morgan fingerprint density at radius 1 is 0.929 bits per heavy atom. The fraction of sp³-hybridized carbons (Fsp3) is 0.190. The van der Waals surface area contributed by atoms with Gasteiger partial charge in [-0.15, -0.1) is 0 Å². The predicted octanol–water partition coefficient (Wildman–Crippen LogP) is 4.18. The molecule has 1 aromatic carbocycles. The van der Waals surface area contributed by atoms with Crippen molar-refractivity contribution in [2.24, 2.45) is 0 Å². The third kappa shape index (κ3) is 3.51. The summed E-state index contributed by atoms with van der Waals surface area (Å²) in [7, 11) is 0. The van der Waals surface area contributed by atoms with Gasteiger partial charge in [0.15, 0.2) is 0 Å². The van der Waals surface area contributed by atoms with Crippen LogP contribution in [0, 0.1) is 0 Å². The van der Waals surface area contributed by atoms with Gasteiger partial charge in [0.1, 0.15) is 16.8 Å². The quantitative estimate of drug-likeness (QED) is 0.459. The average Bonchev–Trinajstić information content (AvgIpc) is 3.02. The number of hydrogen-bond donors (Lipinski definition) is 0. The van der Waals surface area contributed by atoms with Gasteiger partial charge in [-0.25, -0.2) is 9.59 Å². The lowest BCUT2D eigenvalue weighted by atomic mass is 10.0. The van der Waals surface area contributed by atoms with Crippen LogP contribution < -0.4 is 0 Å². The second kappa shape index (κ2) is 8.27. The molecule has 0 amide bonds. The van der Waals surface area contributed by atoms with Crippen LogP contribution in [-0.2, 0) is 9.47 Å². The highest BCUT2D eigenvalue weighted by Crippen LogP contribution is 2.29. The first kappa shape index (κ1) is 19.6. The van der Waals surface area contributed by atoms with Gasteiger partial charge in [-0.2, -0.15) is 0 Å². The summed E-state index contributed by atoms with van der Waals surface area (Å²) in [4.78, 5) is 38.7. The van der Waals surface area contributed by atoms with Gasteiger partial charge in [0.05, 0.1) is 18.7 Å². The molecule has 0 saturated heterocycles. The number of carbonyl (C=O) groups is 3. The highest BCUT2D eigenvalue weighted by Gasteiger charge is 2.33. The Hall–Kier alpha value is -3.12. The number of carbonyl (C=O) groups excluding carboxylic acids is 3. The summed E-state index contributed by atoms with van der Waals surface area (Å²) in [5.74, 6) is -1.92. The lowest BCUT2D eigenvalue weighted by Gasteiger charge is -2.07. The van der Waals surface area contributed by atoms with Crippen molar-refractivity contribution in [3.05, 3.63) is 76.1 Å². The van der Waals surface area contributed by atoms with Crippen LogP contribution in [0.4, 0.5) is 0 Å². The second-order valence-electron chi connectivity index (χ2n) is 5.83. The number of fused-ring (bicyclic) bond motifs is 1. The molecule has 3 aromatic rings. The number of rotatable bonds is 6. The molecule has 0 saturated carbocycles. The summed E-state index contributed by atoms with van der Waals surface area (Å²) < 4.78 is 11.7.